The summed E-state index contributed by atoms with van der Waals surface area (Å²) in [5, 5.41) is 1.44. The summed E-state index contributed by atoms with van der Waals surface area (Å²) in [6.07, 6.45) is 5.32. The number of aromatic nitrogens is 1. The van der Waals surface area contributed by atoms with Gasteiger partial charge in [0.05, 0.1) is 4.90 Å². The first-order valence-electron chi connectivity index (χ1n) is 9.29. The molecule has 0 spiro atoms. The summed E-state index contributed by atoms with van der Waals surface area (Å²) >= 11 is 1.98. The van der Waals surface area contributed by atoms with Crippen LogP contribution in [0.4, 0.5) is 0 Å². The van der Waals surface area contributed by atoms with E-state index in [4.69, 9.17) is 4.55 Å². The standard InChI is InChI=1S/C14H18NS.C7H8O3S/c1-3-15-10(2)16-14-12-7-5-4-6-11(12)8-9-13(14)15;1-6-2-4-7(5-3-6)11(8,9)10/h8-9H,3-7H2,1-2H3;2-5H,1H3,(H,8,9,10)/q+1;. The Balaban J connectivity index is 0.000000168. The fourth-order valence-electron chi connectivity index (χ4n) is 3.58. The zero-order valence-electron chi connectivity index (χ0n) is 16.0. The highest BCUT2D eigenvalue weighted by molar-refractivity contribution is 7.85. The summed E-state index contributed by atoms with van der Waals surface area (Å²) in [5.41, 5.74) is 5.65. The van der Waals surface area contributed by atoms with Gasteiger partial charge in [0.25, 0.3) is 10.1 Å². The monoisotopic (exact) mass is 404 g/mol. The largest absolute Gasteiger partial charge is 0.294 e. The molecule has 0 fully saturated rings. The van der Waals surface area contributed by atoms with Crippen molar-refractivity contribution in [2.45, 2.75) is 57.9 Å². The van der Waals surface area contributed by atoms with Gasteiger partial charge in [-0.15, -0.1) is 0 Å². The molecule has 0 amide bonds. The molecule has 0 unspecified atom stereocenters. The fourth-order valence-corrected chi connectivity index (χ4v) is 5.34. The Hall–Kier alpha value is -1.76. The van der Waals surface area contributed by atoms with Crippen LogP contribution >= 0.6 is 11.3 Å². The SMILES string of the molecule is CC[n+]1c(C)sc2c3c(ccc21)CCCC3.Cc1ccc(S(=O)(=O)O)cc1. The van der Waals surface area contributed by atoms with Gasteiger partial charge in [-0.1, -0.05) is 35.1 Å². The van der Waals surface area contributed by atoms with Crippen LogP contribution < -0.4 is 4.57 Å². The lowest BCUT2D eigenvalue weighted by molar-refractivity contribution is -0.669. The molecule has 2 aromatic carbocycles. The first-order chi connectivity index (χ1) is 12.8. The van der Waals surface area contributed by atoms with Crippen LogP contribution in [0.5, 0.6) is 0 Å². The second kappa shape index (κ2) is 8.09. The van der Waals surface area contributed by atoms with Crippen molar-refractivity contribution in [3.8, 4) is 0 Å². The Labute approximate surface area is 165 Å². The molecule has 1 aliphatic carbocycles. The van der Waals surface area contributed by atoms with Gasteiger partial charge >= 0.3 is 0 Å². The zero-order chi connectivity index (χ0) is 19.6. The highest BCUT2D eigenvalue weighted by atomic mass is 32.2. The summed E-state index contributed by atoms with van der Waals surface area (Å²) in [7, 11) is -4.02. The van der Waals surface area contributed by atoms with E-state index in [0.29, 0.717) is 0 Å². The van der Waals surface area contributed by atoms with Gasteiger partial charge in [-0.3, -0.25) is 4.55 Å². The molecule has 3 aromatic rings. The van der Waals surface area contributed by atoms with Gasteiger partial charge in [0.1, 0.15) is 11.2 Å². The zero-order valence-corrected chi connectivity index (χ0v) is 17.7. The van der Waals surface area contributed by atoms with Crippen molar-refractivity contribution in [3.63, 3.8) is 0 Å². The molecule has 0 bridgehead atoms. The summed E-state index contributed by atoms with van der Waals surface area (Å²) in [4.78, 5) is -0.0666. The van der Waals surface area contributed by atoms with E-state index in [0.717, 1.165) is 12.1 Å². The molecule has 6 heteroatoms. The lowest BCUT2D eigenvalue weighted by Crippen LogP contribution is -2.33. The molecule has 4 rings (SSSR count). The van der Waals surface area contributed by atoms with Crippen molar-refractivity contribution < 1.29 is 17.5 Å². The minimum Gasteiger partial charge on any atom is -0.282 e. The first kappa shape index (κ1) is 20.0. The van der Waals surface area contributed by atoms with Crippen LogP contribution in [0.15, 0.2) is 41.3 Å². The van der Waals surface area contributed by atoms with Crippen molar-refractivity contribution in [2.24, 2.45) is 0 Å². The lowest BCUT2D eigenvalue weighted by Gasteiger charge is -2.14. The van der Waals surface area contributed by atoms with E-state index in [9.17, 15) is 8.42 Å². The summed E-state index contributed by atoms with van der Waals surface area (Å²) in [6.45, 7) is 7.40. The van der Waals surface area contributed by atoms with Crippen LogP contribution in [0.1, 0.15) is 41.5 Å². The molecule has 1 heterocycles. The average Bonchev–Trinajstić information content (AvgIpc) is 2.97. The number of fused-ring (bicyclic) bond motifs is 3. The van der Waals surface area contributed by atoms with Gasteiger partial charge in [-0.05, 0) is 62.8 Å². The van der Waals surface area contributed by atoms with Gasteiger partial charge in [0.15, 0.2) is 0 Å². The second-order valence-corrected chi connectivity index (χ2v) is 9.54. The van der Waals surface area contributed by atoms with Gasteiger partial charge in [-0.25, -0.2) is 0 Å². The van der Waals surface area contributed by atoms with Gasteiger partial charge in [-0.2, -0.15) is 13.0 Å². The third kappa shape index (κ3) is 4.39. The van der Waals surface area contributed by atoms with E-state index in [1.165, 1.54) is 48.3 Å². The van der Waals surface area contributed by atoms with Gasteiger partial charge in [0.2, 0.25) is 10.5 Å². The van der Waals surface area contributed by atoms with Crippen LogP contribution in [0.25, 0.3) is 10.2 Å². The summed E-state index contributed by atoms with van der Waals surface area (Å²) in [6, 6.07) is 10.7. The molecule has 0 saturated heterocycles. The Kier molecular flexibility index (Phi) is 5.99. The lowest BCUT2D eigenvalue weighted by atomic mass is 9.91. The summed E-state index contributed by atoms with van der Waals surface area (Å²) in [5.74, 6) is 0. The number of aryl methyl sites for hydroxylation is 5. The van der Waals surface area contributed by atoms with Crippen molar-refractivity contribution >= 4 is 31.7 Å². The highest BCUT2D eigenvalue weighted by Gasteiger charge is 2.21. The number of thiazole rings is 1. The maximum atomic E-state index is 10.5. The Morgan fingerprint density at radius 2 is 1.70 bits per heavy atom. The Morgan fingerprint density at radius 1 is 1.04 bits per heavy atom. The van der Waals surface area contributed by atoms with Gasteiger partial charge in [0, 0.05) is 13.0 Å². The molecule has 0 atom stereocenters. The normalized spacial score (nSPS) is 13.8. The van der Waals surface area contributed by atoms with Crippen LogP contribution in [0.2, 0.25) is 0 Å². The maximum Gasteiger partial charge on any atom is 0.294 e. The molecule has 1 N–H and O–H groups in total. The maximum absolute atomic E-state index is 10.5. The molecule has 0 radical (unpaired) electrons. The highest BCUT2D eigenvalue weighted by Crippen LogP contribution is 2.31. The molecule has 27 heavy (non-hydrogen) atoms. The predicted molar refractivity (Wildman–Crippen MR) is 110 cm³/mol. The average molecular weight is 405 g/mol. The van der Waals surface area contributed by atoms with Gasteiger partial charge < -0.3 is 0 Å². The quantitative estimate of drug-likeness (QED) is 0.500. The number of benzene rings is 2. The molecule has 1 aromatic heterocycles. The number of hydrogen-bond donors (Lipinski definition) is 1. The van der Waals surface area contributed by atoms with Crippen molar-refractivity contribution in [1.29, 1.82) is 0 Å². The smallest absolute Gasteiger partial charge is 0.282 e. The van der Waals surface area contributed by atoms with Crippen molar-refractivity contribution in [2.75, 3.05) is 0 Å². The number of hydrogen-bond acceptors (Lipinski definition) is 3. The van der Waals surface area contributed by atoms with Crippen LogP contribution in [-0.2, 0) is 29.5 Å². The molecule has 144 valence electrons. The molecular weight excluding hydrogens is 378 g/mol. The third-order valence-corrected chi connectivity index (χ3v) is 7.06. The molecule has 0 saturated carbocycles. The topological polar surface area (TPSA) is 58.2 Å². The van der Waals surface area contributed by atoms with E-state index in [-0.39, 0.29) is 4.90 Å². The molecular formula is C21H26NO3S2+. The van der Waals surface area contributed by atoms with Crippen molar-refractivity contribution in [3.05, 3.63) is 58.1 Å². The van der Waals surface area contributed by atoms with Crippen LogP contribution in [0, 0.1) is 13.8 Å². The van der Waals surface area contributed by atoms with E-state index in [1.807, 2.05) is 18.3 Å². The van der Waals surface area contributed by atoms with E-state index in [2.05, 4.69) is 30.5 Å². The molecule has 1 aliphatic rings. The minimum atomic E-state index is -4.02. The Morgan fingerprint density at radius 3 is 2.33 bits per heavy atom. The van der Waals surface area contributed by atoms with Crippen LogP contribution in [0.3, 0.4) is 0 Å². The molecule has 4 nitrogen and oxygen atoms in total. The first-order valence-corrected chi connectivity index (χ1v) is 11.5. The van der Waals surface area contributed by atoms with E-state index in [1.54, 1.807) is 28.0 Å². The third-order valence-electron chi connectivity index (χ3n) is 5.02. The minimum absolute atomic E-state index is 0.0666. The number of nitrogens with zero attached hydrogens (tertiary/aromatic N) is 1. The van der Waals surface area contributed by atoms with Crippen LogP contribution in [-0.4, -0.2) is 13.0 Å². The second-order valence-electron chi connectivity index (χ2n) is 6.91. The van der Waals surface area contributed by atoms with E-state index >= 15 is 0 Å². The molecule has 0 aliphatic heterocycles. The predicted octanol–water partition coefficient (Wildman–Crippen LogP) is 4.64. The summed E-state index contributed by atoms with van der Waals surface area (Å²) < 4.78 is 33.5. The van der Waals surface area contributed by atoms with E-state index < -0.39 is 10.1 Å². The Bertz CT molecular complexity index is 1050. The fraction of sp³-hybridized carbons (Fsp3) is 0.381. The number of rotatable bonds is 2. The van der Waals surface area contributed by atoms with Crippen molar-refractivity contribution in [1.82, 2.24) is 0 Å².